The fourth-order valence-electron chi connectivity index (χ4n) is 3.57. The van der Waals surface area contributed by atoms with E-state index < -0.39 is 0 Å². The van der Waals surface area contributed by atoms with Gasteiger partial charge in [0.1, 0.15) is 0 Å². The van der Waals surface area contributed by atoms with Crippen molar-refractivity contribution in [2.75, 3.05) is 19.6 Å². The van der Waals surface area contributed by atoms with E-state index in [2.05, 4.69) is 68.2 Å². The normalized spacial score (nSPS) is 23.1. The second-order valence-corrected chi connectivity index (χ2v) is 6.57. The van der Waals surface area contributed by atoms with Crippen LogP contribution in [0.15, 0.2) is 30.3 Å². The number of likely N-dealkylation sites (N-methyl/N-ethyl adjacent to an activating group) is 1. The molecule has 1 saturated heterocycles. The maximum absolute atomic E-state index is 3.73. The number of rotatable bonds is 6. The van der Waals surface area contributed by atoms with Gasteiger partial charge in [0.25, 0.3) is 0 Å². The highest BCUT2D eigenvalue weighted by Gasteiger charge is 2.34. The van der Waals surface area contributed by atoms with Gasteiger partial charge in [-0.2, -0.15) is 0 Å². The van der Waals surface area contributed by atoms with E-state index >= 15 is 0 Å². The van der Waals surface area contributed by atoms with Gasteiger partial charge in [-0.05, 0) is 36.9 Å². The molecule has 0 bridgehead atoms. The molecule has 2 rings (SSSR count). The molecule has 3 unspecified atom stereocenters. The Kier molecular flexibility index (Phi) is 5.62. The molecule has 2 heteroatoms. The zero-order valence-corrected chi connectivity index (χ0v) is 13.5. The summed E-state index contributed by atoms with van der Waals surface area (Å²) in [6.07, 6.45) is 1.34. The SMILES string of the molecule is CCNC(c1ccccc1)C(C(C)C)N1CCC(C)C1. The van der Waals surface area contributed by atoms with Crippen molar-refractivity contribution in [2.45, 2.75) is 46.2 Å². The van der Waals surface area contributed by atoms with Crippen molar-refractivity contribution >= 4 is 0 Å². The summed E-state index contributed by atoms with van der Waals surface area (Å²) < 4.78 is 0. The molecule has 20 heavy (non-hydrogen) atoms. The van der Waals surface area contributed by atoms with Gasteiger partial charge in [0, 0.05) is 18.6 Å². The highest BCUT2D eigenvalue weighted by atomic mass is 15.2. The third-order valence-corrected chi connectivity index (χ3v) is 4.48. The van der Waals surface area contributed by atoms with Gasteiger partial charge >= 0.3 is 0 Å². The van der Waals surface area contributed by atoms with E-state index in [9.17, 15) is 0 Å². The Balaban J connectivity index is 2.23. The summed E-state index contributed by atoms with van der Waals surface area (Å²) >= 11 is 0. The highest BCUT2D eigenvalue weighted by molar-refractivity contribution is 5.21. The summed E-state index contributed by atoms with van der Waals surface area (Å²) in [6, 6.07) is 12.0. The molecule has 112 valence electrons. The molecule has 3 atom stereocenters. The third-order valence-electron chi connectivity index (χ3n) is 4.48. The van der Waals surface area contributed by atoms with Crippen LogP contribution in [-0.2, 0) is 0 Å². The minimum Gasteiger partial charge on any atom is -0.309 e. The Morgan fingerprint density at radius 1 is 1.25 bits per heavy atom. The first-order valence-corrected chi connectivity index (χ1v) is 8.15. The lowest BCUT2D eigenvalue weighted by Crippen LogP contribution is -2.46. The van der Waals surface area contributed by atoms with Gasteiger partial charge in [-0.15, -0.1) is 0 Å². The molecule has 0 saturated carbocycles. The summed E-state index contributed by atoms with van der Waals surface area (Å²) in [5, 5.41) is 3.73. The van der Waals surface area contributed by atoms with Crippen LogP contribution in [-0.4, -0.2) is 30.6 Å². The molecule has 1 fully saturated rings. The first-order valence-electron chi connectivity index (χ1n) is 8.15. The summed E-state index contributed by atoms with van der Waals surface area (Å²) in [5.41, 5.74) is 1.42. The summed E-state index contributed by atoms with van der Waals surface area (Å²) in [5.74, 6) is 1.50. The predicted molar refractivity (Wildman–Crippen MR) is 86.8 cm³/mol. The average Bonchev–Trinajstić information content (AvgIpc) is 2.85. The Hall–Kier alpha value is -0.860. The summed E-state index contributed by atoms with van der Waals surface area (Å²) in [6.45, 7) is 12.8. The molecule has 0 aromatic heterocycles. The number of likely N-dealkylation sites (tertiary alicyclic amines) is 1. The fraction of sp³-hybridized carbons (Fsp3) is 0.667. The quantitative estimate of drug-likeness (QED) is 0.851. The molecule has 1 aliphatic heterocycles. The van der Waals surface area contributed by atoms with Crippen LogP contribution in [0.3, 0.4) is 0 Å². The van der Waals surface area contributed by atoms with Crippen LogP contribution in [0.1, 0.15) is 45.7 Å². The van der Waals surface area contributed by atoms with E-state index in [4.69, 9.17) is 0 Å². The Morgan fingerprint density at radius 3 is 2.45 bits per heavy atom. The monoisotopic (exact) mass is 274 g/mol. The standard InChI is InChI=1S/C18H30N2/c1-5-19-17(16-9-7-6-8-10-16)18(14(2)3)20-12-11-15(4)13-20/h6-10,14-15,17-19H,5,11-13H2,1-4H3. The van der Waals surface area contributed by atoms with Crippen LogP contribution < -0.4 is 5.32 Å². The largest absolute Gasteiger partial charge is 0.309 e. The summed E-state index contributed by atoms with van der Waals surface area (Å²) in [4.78, 5) is 2.70. The van der Waals surface area contributed by atoms with Crippen molar-refractivity contribution < 1.29 is 0 Å². The molecule has 2 nitrogen and oxygen atoms in total. The minimum absolute atomic E-state index is 0.437. The van der Waals surface area contributed by atoms with Crippen molar-refractivity contribution in [3.8, 4) is 0 Å². The van der Waals surface area contributed by atoms with Gasteiger partial charge in [0.2, 0.25) is 0 Å². The first-order chi connectivity index (χ1) is 9.63. The van der Waals surface area contributed by atoms with Crippen LogP contribution in [0.4, 0.5) is 0 Å². The Bertz CT molecular complexity index is 388. The second kappa shape index (κ2) is 7.24. The fourth-order valence-corrected chi connectivity index (χ4v) is 3.57. The van der Waals surface area contributed by atoms with E-state index in [-0.39, 0.29) is 0 Å². The molecule has 0 amide bonds. The molecule has 1 N–H and O–H groups in total. The van der Waals surface area contributed by atoms with Crippen LogP contribution in [0, 0.1) is 11.8 Å². The number of hydrogen-bond acceptors (Lipinski definition) is 2. The zero-order valence-electron chi connectivity index (χ0n) is 13.5. The highest BCUT2D eigenvalue weighted by Crippen LogP contribution is 2.30. The lowest BCUT2D eigenvalue weighted by atomic mass is 9.89. The Morgan fingerprint density at radius 2 is 1.95 bits per heavy atom. The molecule has 1 heterocycles. The van der Waals surface area contributed by atoms with Gasteiger partial charge in [-0.3, -0.25) is 4.90 Å². The van der Waals surface area contributed by atoms with E-state index in [1.165, 1.54) is 25.1 Å². The van der Waals surface area contributed by atoms with Crippen LogP contribution in [0.5, 0.6) is 0 Å². The van der Waals surface area contributed by atoms with Crippen LogP contribution in [0.25, 0.3) is 0 Å². The van der Waals surface area contributed by atoms with Gasteiger partial charge in [-0.25, -0.2) is 0 Å². The maximum atomic E-state index is 3.73. The van der Waals surface area contributed by atoms with E-state index in [0.29, 0.717) is 18.0 Å². The summed E-state index contributed by atoms with van der Waals surface area (Å²) in [7, 11) is 0. The van der Waals surface area contributed by atoms with E-state index in [1.807, 2.05) is 0 Å². The second-order valence-electron chi connectivity index (χ2n) is 6.57. The first kappa shape index (κ1) is 15.5. The minimum atomic E-state index is 0.437. The number of hydrogen-bond donors (Lipinski definition) is 1. The number of nitrogens with one attached hydrogen (secondary N) is 1. The van der Waals surface area contributed by atoms with Crippen molar-refractivity contribution in [3.05, 3.63) is 35.9 Å². The van der Waals surface area contributed by atoms with Gasteiger partial charge in [0.05, 0.1) is 0 Å². The molecule has 1 aliphatic rings. The smallest absolute Gasteiger partial charge is 0.0480 e. The maximum Gasteiger partial charge on any atom is 0.0480 e. The van der Waals surface area contributed by atoms with Gasteiger partial charge in [-0.1, -0.05) is 58.0 Å². The molecular weight excluding hydrogens is 244 g/mol. The lowest BCUT2D eigenvalue weighted by molar-refractivity contribution is 0.142. The number of benzene rings is 1. The molecule has 0 spiro atoms. The Labute approximate surface area is 124 Å². The van der Waals surface area contributed by atoms with Crippen molar-refractivity contribution in [1.29, 1.82) is 0 Å². The van der Waals surface area contributed by atoms with Gasteiger partial charge in [0.15, 0.2) is 0 Å². The van der Waals surface area contributed by atoms with Crippen LogP contribution in [0.2, 0.25) is 0 Å². The average molecular weight is 274 g/mol. The number of nitrogens with zero attached hydrogens (tertiary/aromatic N) is 1. The van der Waals surface area contributed by atoms with Crippen molar-refractivity contribution in [3.63, 3.8) is 0 Å². The lowest BCUT2D eigenvalue weighted by Gasteiger charge is -2.38. The predicted octanol–water partition coefficient (Wildman–Crippen LogP) is 3.70. The molecular formula is C18H30N2. The topological polar surface area (TPSA) is 15.3 Å². The molecule has 0 aliphatic carbocycles. The van der Waals surface area contributed by atoms with Crippen molar-refractivity contribution in [2.24, 2.45) is 11.8 Å². The van der Waals surface area contributed by atoms with Crippen molar-refractivity contribution in [1.82, 2.24) is 10.2 Å². The molecule has 0 radical (unpaired) electrons. The zero-order chi connectivity index (χ0) is 14.5. The molecule has 1 aromatic carbocycles. The molecule has 1 aromatic rings. The van der Waals surface area contributed by atoms with Crippen LogP contribution >= 0.6 is 0 Å². The third kappa shape index (κ3) is 3.62. The van der Waals surface area contributed by atoms with Gasteiger partial charge < -0.3 is 5.32 Å². The van der Waals surface area contributed by atoms with E-state index in [1.54, 1.807) is 0 Å². The van der Waals surface area contributed by atoms with E-state index in [0.717, 1.165) is 12.5 Å².